The van der Waals surface area contributed by atoms with Crippen LogP contribution in [0.4, 0.5) is 24.7 Å². The summed E-state index contributed by atoms with van der Waals surface area (Å²) in [6.07, 6.45) is -0.367. The van der Waals surface area contributed by atoms with Crippen LogP contribution in [0.3, 0.4) is 0 Å². The molecule has 0 aliphatic carbocycles. The molecule has 2 aromatic heterocycles. The lowest BCUT2D eigenvalue weighted by Gasteiger charge is -2.13. The summed E-state index contributed by atoms with van der Waals surface area (Å²) < 4.78 is 38.8. The van der Waals surface area contributed by atoms with Gasteiger partial charge in [-0.3, -0.25) is 9.78 Å². The molecule has 1 amide bonds. The highest BCUT2D eigenvalue weighted by Crippen LogP contribution is 2.32. The van der Waals surface area contributed by atoms with Crippen LogP contribution in [0, 0.1) is 6.92 Å². The van der Waals surface area contributed by atoms with Gasteiger partial charge in [0.15, 0.2) is 0 Å². The minimum Gasteiger partial charge on any atom is -0.370 e. The van der Waals surface area contributed by atoms with Gasteiger partial charge < -0.3 is 10.6 Å². The number of nitrogens with one attached hydrogen (secondary N) is 2. The number of aromatic nitrogens is 2. The lowest BCUT2D eigenvalue weighted by molar-refractivity contribution is -0.137. The second kappa shape index (κ2) is 10.4. The molecule has 0 spiro atoms. The van der Waals surface area contributed by atoms with Crippen molar-refractivity contribution in [3.63, 3.8) is 0 Å². The summed E-state index contributed by atoms with van der Waals surface area (Å²) in [4.78, 5) is 21.6. The molecule has 0 saturated heterocycles. The molecule has 0 fully saturated rings. The summed E-state index contributed by atoms with van der Waals surface area (Å²) in [5, 5.41) is 6.03. The molecule has 5 nitrogen and oxygen atoms in total. The highest BCUT2D eigenvalue weighted by atomic mass is 19.4. The molecule has 0 bridgehead atoms. The second-order valence-corrected chi connectivity index (χ2v) is 8.01. The SMILES string of the molecule is Cc1ccc(C(=O)Nc2ccc(NCCc3ccccn3)nc2)c(-c2ccc(C(F)(F)F)cc2)c1. The summed E-state index contributed by atoms with van der Waals surface area (Å²) in [5.74, 6) is 0.289. The smallest absolute Gasteiger partial charge is 0.370 e. The Morgan fingerprint density at radius 2 is 1.74 bits per heavy atom. The van der Waals surface area contributed by atoms with Crippen LogP contribution >= 0.6 is 0 Å². The number of hydrogen-bond acceptors (Lipinski definition) is 4. The van der Waals surface area contributed by atoms with E-state index in [-0.39, 0.29) is 5.91 Å². The van der Waals surface area contributed by atoms with E-state index in [1.807, 2.05) is 25.1 Å². The number of hydrogen-bond donors (Lipinski definition) is 2. The zero-order valence-corrected chi connectivity index (χ0v) is 18.9. The highest BCUT2D eigenvalue weighted by molar-refractivity contribution is 6.08. The summed E-state index contributed by atoms with van der Waals surface area (Å²) in [6.45, 7) is 2.52. The van der Waals surface area contributed by atoms with Gasteiger partial charge in [0.25, 0.3) is 5.91 Å². The Morgan fingerprint density at radius 1 is 0.943 bits per heavy atom. The number of rotatable bonds is 7. The number of benzene rings is 2. The average molecular weight is 477 g/mol. The molecule has 0 atom stereocenters. The predicted molar refractivity (Wildman–Crippen MR) is 130 cm³/mol. The van der Waals surface area contributed by atoms with Gasteiger partial charge in [0.2, 0.25) is 0 Å². The van der Waals surface area contributed by atoms with E-state index in [4.69, 9.17) is 0 Å². The molecule has 2 heterocycles. The molecule has 178 valence electrons. The molecular weight excluding hydrogens is 453 g/mol. The summed E-state index contributed by atoms with van der Waals surface area (Å²) in [7, 11) is 0. The van der Waals surface area contributed by atoms with Crippen molar-refractivity contribution in [3.8, 4) is 11.1 Å². The molecule has 0 aliphatic heterocycles. The number of amides is 1. The molecule has 2 aromatic carbocycles. The fourth-order valence-electron chi connectivity index (χ4n) is 3.57. The van der Waals surface area contributed by atoms with Crippen molar-refractivity contribution >= 4 is 17.4 Å². The van der Waals surface area contributed by atoms with Gasteiger partial charge in [0.05, 0.1) is 17.4 Å². The van der Waals surface area contributed by atoms with Crippen molar-refractivity contribution in [2.24, 2.45) is 0 Å². The Labute approximate surface area is 201 Å². The van der Waals surface area contributed by atoms with Gasteiger partial charge in [0.1, 0.15) is 5.82 Å². The Hall–Kier alpha value is -4.20. The molecule has 0 radical (unpaired) electrons. The molecule has 35 heavy (non-hydrogen) atoms. The molecule has 0 unspecified atom stereocenters. The van der Waals surface area contributed by atoms with Crippen LogP contribution in [0.2, 0.25) is 0 Å². The normalized spacial score (nSPS) is 11.2. The predicted octanol–water partition coefficient (Wildman–Crippen LogP) is 6.38. The van der Waals surface area contributed by atoms with E-state index < -0.39 is 11.7 Å². The number of nitrogens with zero attached hydrogens (tertiary/aromatic N) is 2. The van der Waals surface area contributed by atoms with Gasteiger partial charge in [-0.15, -0.1) is 0 Å². The maximum atomic E-state index is 13.0. The standard InChI is InChI=1S/C27H23F3N4O/c1-18-5-11-23(24(16-18)19-6-8-20(9-7-19)27(28,29)30)26(35)34-22-10-12-25(33-17-22)32-15-13-21-4-2-3-14-31-21/h2-12,14,16-17H,13,15H2,1H3,(H,32,33)(H,34,35). The van der Waals surface area contributed by atoms with E-state index >= 15 is 0 Å². The van der Waals surface area contributed by atoms with Crippen molar-refractivity contribution in [2.75, 3.05) is 17.2 Å². The van der Waals surface area contributed by atoms with Crippen LogP contribution < -0.4 is 10.6 Å². The lowest BCUT2D eigenvalue weighted by Crippen LogP contribution is -2.14. The first-order valence-electron chi connectivity index (χ1n) is 11.0. The molecule has 4 aromatic rings. The minimum absolute atomic E-state index is 0.355. The number of carbonyl (C=O) groups excluding carboxylic acids is 1. The fraction of sp³-hybridized carbons (Fsp3) is 0.148. The highest BCUT2D eigenvalue weighted by Gasteiger charge is 2.30. The van der Waals surface area contributed by atoms with Crippen LogP contribution in [0.15, 0.2) is 85.2 Å². The Kier molecular flexibility index (Phi) is 7.10. The Balaban J connectivity index is 1.44. The van der Waals surface area contributed by atoms with E-state index in [0.29, 0.717) is 34.7 Å². The molecular formula is C27H23F3N4O. The van der Waals surface area contributed by atoms with Crippen LogP contribution in [0.25, 0.3) is 11.1 Å². The number of alkyl halides is 3. The Morgan fingerprint density at radius 3 is 2.40 bits per heavy atom. The maximum Gasteiger partial charge on any atom is 0.416 e. The number of halogens is 3. The number of carbonyl (C=O) groups is 1. The van der Waals surface area contributed by atoms with Crippen LogP contribution in [-0.4, -0.2) is 22.4 Å². The summed E-state index contributed by atoms with van der Waals surface area (Å²) >= 11 is 0. The minimum atomic E-state index is -4.42. The lowest BCUT2D eigenvalue weighted by atomic mass is 9.96. The zero-order chi connectivity index (χ0) is 24.8. The van der Waals surface area contributed by atoms with Gasteiger partial charge in [-0.1, -0.05) is 35.9 Å². The van der Waals surface area contributed by atoms with Gasteiger partial charge >= 0.3 is 6.18 Å². The largest absolute Gasteiger partial charge is 0.416 e. The number of pyridine rings is 2. The zero-order valence-electron chi connectivity index (χ0n) is 18.9. The van der Waals surface area contributed by atoms with Gasteiger partial charge in [-0.25, -0.2) is 4.98 Å². The Bertz CT molecular complexity index is 1290. The third kappa shape index (κ3) is 6.23. The van der Waals surface area contributed by atoms with E-state index in [0.717, 1.165) is 29.8 Å². The number of anilines is 2. The van der Waals surface area contributed by atoms with Crippen LogP contribution in [0.5, 0.6) is 0 Å². The van der Waals surface area contributed by atoms with E-state index in [9.17, 15) is 18.0 Å². The van der Waals surface area contributed by atoms with Gasteiger partial charge in [0, 0.05) is 30.4 Å². The molecule has 4 rings (SSSR count). The van der Waals surface area contributed by atoms with E-state index in [1.165, 1.54) is 12.1 Å². The number of aryl methyl sites for hydroxylation is 1. The maximum absolute atomic E-state index is 13.0. The van der Waals surface area contributed by atoms with Crippen molar-refractivity contribution in [2.45, 2.75) is 19.5 Å². The average Bonchev–Trinajstić information content (AvgIpc) is 2.85. The van der Waals surface area contributed by atoms with Gasteiger partial charge in [-0.05, 0) is 60.5 Å². The second-order valence-electron chi connectivity index (χ2n) is 8.01. The van der Waals surface area contributed by atoms with Crippen molar-refractivity contribution in [3.05, 3.63) is 108 Å². The third-order valence-electron chi connectivity index (χ3n) is 5.38. The topological polar surface area (TPSA) is 66.9 Å². The quantitative estimate of drug-likeness (QED) is 0.325. The third-order valence-corrected chi connectivity index (χ3v) is 5.38. The fourth-order valence-corrected chi connectivity index (χ4v) is 3.57. The van der Waals surface area contributed by atoms with Crippen LogP contribution in [-0.2, 0) is 12.6 Å². The van der Waals surface area contributed by atoms with E-state index in [1.54, 1.807) is 42.7 Å². The summed E-state index contributed by atoms with van der Waals surface area (Å²) in [5.41, 5.74) is 3.07. The van der Waals surface area contributed by atoms with Crippen molar-refractivity contribution in [1.29, 1.82) is 0 Å². The van der Waals surface area contributed by atoms with Crippen molar-refractivity contribution in [1.82, 2.24) is 9.97 Å². The molecule has 0 saturated carbocycles. The summed E-state index contributed by atoms with van der Waals surface area (Å²) in [6, 6.07) is 19.3. The van der Waals surface area contributed by atoms with Crippen molar-refractivity contribution < 1.29 is 18.0 Å². The molecule has 0 aliphatic rings. The van der Waals surface area contributed by atoms with E-state index in [2.05, 4.69) is 20.6 Å². The van der Waals surface area contributed by atoms with Crippen LogP contribution in [0.1, 0.15) is 27.2 Å². The molecule has 2 N–H and O–H groups in total. The molecule has 8 heteroatoms. The first-order valence-corrected chi connectivity index (χ1v) is 11.0. The monoisotopic (exact) mass is 476 g/mol. The first kappa shape index (κ1) is 23.9. The van der Waals surface area contributed by atoms with Gasteiger partial charge in [-0.2, -0.15) is 13.2 Å². The first-order chi connectivity index (χ1) is 16.8.